The summed E-state index contributed by atoms with van der Waals surface area (Å²) in [6.07, 6.45) is 0. The molecule has 0 heterocycles. The summed E-state index contributed by atoms with van der Waals surface area (Å²) in [5.41, 5.74) is 5.63. The summed E-state index contributed by atoms with van der Waals surface area (Å²) < 4.78 is 30.6. The van der Waals surface area contributed by atoms with Crippen LogP contribution in [0.2, 0.25) is 5.02 Å². The molecule has 0 radical (unpaired) electrons. The third kappa shape index (κ3) is 1.73. The fraction of sp³-hybridized carbons (Fsp3) is 0.250. The van der Waals surface area contributed by atoms with Crippen LogP contribution in [0.15, 0.2) is 6.07 Å². The van der Waals surface area contributed by atoms with Crippen LogP contribution in [0.3, 0.4) is 0 Å². The van der Waals surface area contributed by atoms with Crippen molar-refractivity contribution in [3.8, 4) is 5.75 Å². The highest BCUT2D eigenvalue weighted by Crippen LogP contribution is 2.29. The van der Waals surface area contributed by atoms with E-state index in [9.17, 15) is 8.78 Å². The minimum Gasteiger partial charge on any atom is -0.493 e. The molecule has 13 heavy (non-hydrogen) atoms. The second-order valence-corrected chi connectivity index (χ2v) is 2.79. The van der Waals surface area contributed by atoms with Crippen molar-refractivity contribution in [3.63, 3.8) is 0 Å². The molecule has 0 aliphatic carbocycles. The number of halogens is 3. The van der Waals surface area contributed by atoms with Crippen LogP contribution in [0.25, 0.3) is 0 Å². The van der Waals surface area contributed by atoms with Gasteiger partial charge in [-0.3, -0.25) is 0 Å². The lowest BCUT2D eigenvalue weighted by atomic mass is 10.2. The summed E-state index contributed by atoms with van der Waals surface area (Å²) in [5.74, 6) is -2.41. The molecule has 0 fully saturated rings. The number of rotatable bonds is 2. The zero-order valence-corrected chi connectivity index (χ0v) is 7.66. The van der Waals surface area contributed by atoms with Gasteiger partial charge in [-0.25, -0.2) is 4.39 Å². The van der Waals surface area contributed by atoms with Gasteiger partial charge >= 0.3 is 0 Å². The maximum atomic E-state index is 13.1. The number of hydrogen-bond acceptors (Lipinski definition) is 2. The standard InChI is InChI=1S/C8H8ClF2NO/c1-13-8-4(3-12)2-5(9)6(10)7(8)11/h2H,3,12H2,1H3. The van der Waals surface area contributed by atoms with Gasteiger partial charge in [0, 0.05) is 12.1 Å². The first-order valence-corrected chi connectivity index (χ1v) is 3.90. The first-order valence-electron chi connectivity index (χ1n) is 3.52. The summed E-state index contributed by atoms with van der Waals surface area (Å²) in [4.78, 5) is 0. The Hall–Kier alpha value is -0.870. The molecular weight excluding hydrogens is 200 g/mol. The van der Waals surface area contributed by atoms with E-state index >= 15 is 0 Å². The predicted octanol–water partition coefficient (Wildman–Crippen LogP) is 2.09. The molecule has 1 rings (SSSR count). The molecule has 0 aliphatic heterocycles. The Balaban J connectivity index is 3.39. The van der Waals surface area contributed by atoms with Gasteiger partial charge in [-0.05, 0) is 6.07 Å². The van der Waals surface area contributed by atoms with E-state index in [0.29, 0.717) is 5.56 Å². The van der Waals surface area contributed by atoms with Gasteiger partial charge in [0.1, 0.15) is 0 Å². The van der Waals surface area contributed by atoms with Gasteiger partial charge in [-0.2, -0.15) is 4.39 Å². The zero-order chi connectivity index (χ0) is 10.0. The van der Waals surface area contributed by atoms with Crippen LogP contribution in [0.5, 0.6) is 5.75 Å². The molecule has 0 saturated carbocycles. The van der Waals surface area contributed by atoms with Crippen LogP contribution in [0.1, 0.15) is 5.56 Å². The monoisotopic (exact) mass is 207 g/mol. The van der Waals surface area contributed by atoms with Crippen molar-refractivity contribution in [2.45, 2.75) is 6.54 Å². The SMILES string of the molecule is COc1c(CN)cc(Cl)c(F)c1F. The normalized spacial score (nSPS) is 10.2. The van der Waals surface area contributed by atoms with E-state index in [0.717, 1.165) is 0 Å². The highest BCUT2D eigenvalue weighted by atomic mass is 35.5. The van der Waals surface area contributed by atoms with Gasteiger partial charge in [-0.1, -0.05) is 11.6 Å². The summed E-state index contributed by atoms with van der Waals surface area (Å²) >= 11 is 5.40. The second kappa shape index (κ2) is 3.89. The Morgan fingerprint density at radius 1 is 1.46 bits per heavy atom. The molecule has 0 spiro atoms. The quantitative estimate of drug-likeness (QED) is 0.754. The predicted molar refractivity (Wildman–Crippen MR) is 45.8 cm³/mol. The Kier molecular flexibility index (Phi) is 3.06. The van der Waals surface area contributed by atoms with Crippen LogP contribution in [-0.2, 0) is 6.54 Å². The highest BCUT2D eigenvalue weighted by Gasteiger charge is 2.16. The molecule has 0 saturated heterocycles. The van der Waals surface area contributed by atoms with Crippen molar-refractivity contribution in [3.05, 3.63) is 28.3 Å². The molecule has 1 aromatic carbocycles. The van der Waals surface area contributed by atoms with E-state index in [4.69, 9.17) is 17.3 Å². The molecule has 0 unspecified atom stereocenters. The fourth-order valence-electron chi connectivity index (χ4n) is 1.000. The van der Waals surface area contributed by atoms with Gasteiger partial charge in [0.15, 0.2) is 11.6 Å². The molecule has 0 bridgehead atoms. The molecule has 0 amide bonds. The first kappa shape index (κ1) is 10.2. The molecular formula is C8H8ClF2NO. The average molecular weight is 208 g/mol. The summed E-state index contributed by atoms with van der Waals surface area (Å²) in [7, 11) is 1.24. The van der Waals surface area contributed by atoms with E-state index < -0.39 is 11.6 Å². The topological polar surface area (TPSA) is 35.2 Å². The third-order valence-electron chi connectivity index (χ3n) is 1.62. The van der Waals surface area contributed by atoms with E-state index in [1.165, 1.54) is 13.2 Å². The molecule has 5 heteroatoms. The Morgan fingerprint density at radius 3 is 2.54 bits per heavy atom. The van der Waals surface area contributed by atoms with Crippen LogP contribution >= 0.6 is 11.6 Å². The van der Waals surface area contributed by atoms with Crippen molar-refractivity contribution in [1.82, 2.24) is 0 Å². The zero-order valence-electron chi connectivity index (χ0n) is 6.90. The minimum atomic E-state index is -1.12. The number of methoxy groups -OCH3 is 1. The number of hydrogen-bond donors (Lipinski definition) is 1. The smallest absolute Gasteiger partial charge is 0.202 e. The van der Waals surface area contributed by atoms with Gasteiger partial charge in [0.25, 0.3) is 0 Å². The first-order chi connectivity index (χ1) is 6.11. The van der Waals surface area contributed by atoms with Crippen molar-refractivity contribution < 1.29 is 13.5 Å². The van der Waals surface area contributed by atoms with Gasteiger partial charge < -0.3 is 10.5 Å². The molecule has 72 valence electrons. The lowest BCUT2D eigenvalue weighted by Crippen LogP contribution is -2.03. The fourth-order valence-corrected chi connectivity index (χ4v) is 1.21. The van der Waals surface area contributed by atoms with Gasteiger partial charge in [0.05, 0.1) is 12.1 Å². The van der Waals surface area contributed by atoms with Crippen molar-refractivity contribution >= 4 is 11.6 Å². The number of benzene rings is 1. The molecule has 1 aromatic rings. The van der Waals surface area contributed by atoms with Crippen LogP contribution in [0, 0.1) is 11.6 Å². The largest absolute Gasteiger partial charge is 0.493 e. The maximum absolute atomic E-state index is 13.1. The van der Waals surface area contributed by atoms with Gasteiger partial charge in [-0.15, -0.1) is 0 Å². The molecule has 0 aliphatic rings. The second-order valence-electron chi connectivity index (χ2n) is 2.38. The van der Waals surface area contributed by atoms with Crippen molar-refractivity contribution in [2.24, 2.45) is 5.73 Å². The van der Waals surface area contributed by atoms with Crippen molar-refractivity contribution in [2.75, 3.05) is 7.11 Å². The molecule has 2 nitrogen and oxygen atoms in total. The van der Waals surface area contributed by atoms with E-state index in [1.807, 2.05) is 0 Å². The molecule has 0 atom stereocenters. The Labute approximate surface area is 79.2 Å². The lowest BCUT2D eigenvalue weighted by molar-refractivity contribution is 0.367. The van der Waals surface area contributed by atoms with E-state index in [2.05, 4.69) is 4.74 Å². The summed E-state index contributed by atoms with van der Waals surface area (Å²) in [6.45, 7) is 0.0418. The highest BCUT2D eigenvalue weighted by molar-refractivity contribution is 6.30. The van der Waals surface area contributed by atoms with Crippen molar-refractivity contribution in [1.29, 1.82) is 0 Å². The third-order valence-corrected chi connectivity index (χ3v) is 1.89. The summed E-state index contributed by atoms with van der Waals surface area (Å²) in [6, 6.07) is 1.25. The number of ether oxygens (including phenoxy) is 1. The average Bonchev–Trinajstić information content (AvgIpc) is 2.13. The summed E-state index contributed by atoms with van der Waals surface area (Å²) in [5, 5.41) is -0.293. The molecule has 0 aromatic heterocycles. The van der Waals surface area contributed by atoms with E-state index in [-0.39, 0.29) is 17.3 Å². The Bertz CT molecular complexity index is 330. The minimum absolute atomic E-state index is 0.0418. The van der Waals surface area contributed by atoms with Gasteiger partial charge in [0.2, 0.25) is 5.82 Å². The van der Waals surface area contributed by atoms with Crippen LogP contribution in [-0.4, -0.2) is 7.11 Å². The molecule has 2 N–H and O–H groups in total. The Morgan fingerprint density at radius 2 is 2.08 bits per heavy atom. The van der Waals surface area contributed by atoms with E-state index in [1.54, 1.807) is 0 Å². The maximum Gasteiger partial charge on any atom is 0.202 e. The van der Waals surface area contributed by atoms with Crippen LogP contribution in [0.4, 0.5) is 8.78 Å². The lowest BCUT2D eigenvalue weighted by Gasteiger charge is -2.08. The van der Waals surface area contributed by atoms with Crippen LogP contribution < -0.4 is 10.5 Å². The number of nitrogens with two attached hydrogens (primary N) is 1.